The van der Waals surface area contributed by atoms with Crippen molar-refractivity contribution < 1.29 is 35.9 Å². The number of halogens is 6. The SMILES string of the molecule is CCC[C@@H]1C[C@H](Oc2ccc(C(F)(F)F)cc2ON)CCN1c1ccc(C(F)(F)F)cn1. The normalized spacial score (nSPS) is 19.7. The molecule has 0 aliphatic carbocycles. The Balaban J connectivity index is 1.74. The molecule has 2 N–H and O–H groups in total. The molecule has 0 unspecified atom stereocenters. The van der Waals surface area contributed by atoms with Gasteiger partial charge in [-0.25, -0.2) is 4.98 Å². The van der Waals surface area contributed by atoms with Crippen molar-refractivity contribution in [3.8, 4) is 11.5 Å². The lowest BCUT2D eigenvalue weighted by Gasteiger charge is -2.40. The number of ether oxygens (including phenoxy) is 1. The molecule has 3 rings (SSSR count). The van der Waals surface area contributed by atoms with E-state index in [2.05, 4.69) is 9.82 Å². The van der Waals surface area contributed by atoms with Gasteiger partial charge >= 0.3 is 12.4 Å². The van der Waals surface area contributed by atoms with Gasteiger partial charge in [0, 0.05) is 31.6 Å². The molecule has 0 amide bonds. The summed E-state index contributed by atoms with van der Waals surface area (Å²) in [5.74, 6) is 5.46. The number of hydrogen-bond acceptors (Lipinski definition) is 5. The first-order valence-electron chi connectivity index (χ1n) is 10.1. The molecule has 0 radical (unpaired) electrons. The smallest absolute Gasteiger partial charge is 0.417 e. The summed E-state index contributed by atoms with van der Waals surface area (Å²) in [5.41, 5.74) is -1.72. The number of aromatic nitrogens is 1. The number of nitrogens with zero attached hydrogens (tertiary/aromatic N) is 2. The second-order valence-corrected chi connectivity index (χ2v) is 7.58. The summed E-state index contributed by atoms with van der Waals surface area (Å²) in [5, 5.41) is 0. The van der Waals surface area contributed by atoms with E-state index < -0.39 is 23.5 Å². The first-order valence-corrected chi connectivity index (χ1v) is 10.1. The van der Waals surface area contributed by atoms with E-state index in [-0.39, 0.29) is 23.6 Å². The number of anilines is 1. The van der Waals surface area contributed by atoms with Gasteiger partial charge in [0.15, 0.2) is 11.5 Å². The fraction of sp³-hybridized carbons (Fsp3) is 0.476. The molecule has 1 saturated heterocycles. The van der Waals surface area contributed by atoms with E-state index in [1.807, 2.05) is 11.8 Å². The molecule has 1 aliphatic heterocycles. The molecule has 11 heteroatoms. The third kappa shape index (κ3) is 5.56. The molecule has 32 heavy (non-hydrogen) atoms. The van der Waals surface area contributed by atoms with E-state index in [1.54, 1.807) is 0 Å². The standard InChI is InChI=1S/C21H23F6N3O2/c1-2-3-15-11-16(31-17-6-4-13(20(22,23)24)10-18(17)32-28)8-9-30(15)19-7-5-14(12-29-19)21(25,26)27/h4-7,10,12,15-16H,2-3,8-9,11,28H2,1H3/t15-,16-/m1/s1. The molecule has 1 fully saturated rings. The zero-order valence-corrected chi connectivity index (χ0v) is 17.2. The van der Waals surface area contributed by atoms with Crippen LogP contribution in [0.3, 0.4) is 0 Å². The number of benzene rings is 1. The highest BCUT2D eigenvalue weighted by Crippen LogP contribution is 2.38. The zero-order chi connectivity index (χ0) is 23.5. The first-order chi connectivity index (χ1) is 15.0. The van der Waals surface area contributed by atoms with E-state index >= 15 is 0 Å². The van der Waals surface area contributed by atoms with Gasteiger partial charge < -0.3 is 14.5 Å². The maximum Gasteiger partial charge on any atom is 0.417 e. The van der Waals surface area contributed by atoms with Crippen LogP contribution in [0.15, 0.2) is 36.5 Å². The van der Waals surface area contributed by atoms with Crippen molar-refractivity contribution in [2.24, 2.45) is 5.90 Å². The Kier molecular flexibility index (Phi) is 7.06. The van der Waals surface area contributed by atoms with Crippen molar-refractivity contribution in [2.75, 3.05) is 11.4 Å². The van der Waals surface area contributed by atoms with Gasteiger partial charge in [-0.15, -0.1) is 0 Å². The molecule has 1 aromatic carbocycles. The molecule has 5 nitrogen and oxygen atoms in total. The largest absolute Gasteiger partial charge is 0.486 e. The van der Waals surface area contributed by atoms with Gasteiger partial charge in [-0.1, -0.05) is 13.3 Å². The van der Waals surface area contributed by atoms with Crippen molar-refractivity contribution >= 4 is 5.82 Å². The van der Waals surface area contributed by atoms with Gasteiger partial charge in [0.05, 0.1) is 11.1 Å². The van der Waals surface area contributed by atoms with Gasteiger partial charge in [0.2, 0.25) is 0 Å². The quantitative estimate of drug-likeness (QED) is 0.447. The van der Waals surface area contributed by atoms with Crippen LogP contribution in [0.2, 0.25) is 0 Å². The topological polar surface area (TPSA) is 60.6 Å². The van der Waals surface area contributed by atoms with E-state index in [0.29, 0.717) is 25.2 Å². The maximum absolute atomic E-state index is 12.9. The highest BCUT2D eigenvalue weighted by atomic mass is 19.4. The minimum absolute atomic E-state index is 0.0559. The molecule has 176 valence electrons. The molecule has 0 bridgehead atoms. The third-order valence-electron chi connectivity index (χ3n) is 5.35. The van der Waals surface area contributed by atoms with Crippen LogP contribution in [0.1, 0.15) is 43.7 Å². The van der Waals surface area contributed by atoms with Crippen LogP contribution in [0.4, 0.5) is 32.2 Å². The second kappa shape index (κ2) is 9.43. The average Bonchev–Trinajstić information content (AvgIpc) is 2.73. The summed E-state index contributed by atoms with van der Waals surface area (Å²) in [4.78, 5) is 10.5. The molecule has 2 aromatic rings. The molecule has 1 aliphatic rings. The molecule has 0 saturated carbocycles. The Hall–Kier alpha value is -2.69. The number of pyridine rings is 1. The summed E-state index contributed by atoms with van der Waals surface area (Å²) in [6, 6.07) is 5.13. The highest BCUT2D eigenvalue weighted by Gasteiger charge is 2.34. The van der Waals surface area contributed by atoms with E-state index in [4.69, 9.17) is 10.6 Å². The summed E-state index contributed by atoms with van der Waals surface area (Å²) >= 11 is 0. The minimum Gasteiger partial charge on any atom is -0.486 e. The fourth-order valence-electron chi connectivity index (χ4n) is 3.81. The van der Waals surface area contributed by atoms with E-state index in [0.717, 1.165) is 37.2 Å². The van der Waals surface area contributed by atoms with Gasteiger partial charge in [0.25, 0.3) is 0 Å². The third-order valence-corrected chi connectivity index (χ3v) is 5.35. The zero-order valence-electron chi connectivity index (χ0n) is 17.2. The number of piperidine rings is 1. The number of alkyl halides is 6. The Morgan fingerprint density at radius 3 is 2.28 bits per heavy atom. The molecule has 2 atom stereocenters. The predicted octanol–water partition coefficient (Wildman–Crippen LogP) is 5.59. The number of nitrogens with two attached hydrogens (primary N) is 1. The lowest BCUT2D eigenvalue weighted by Crippen LogP contribution is -2.46. The first kappa shape index (κ1) is 24.0. The molecular weight excluding hydrogens is 440 g/mol. The predicted molar refractivity (Wildman–Crippen MR) is 105 cm³/mol. The van der Waals surface area contributed by atoms with Gasteiger partial charge in [-0.05, 0) is 36.8 Å². The van der Waals surface area contributed by atoms with Crippen molar-refractivity contribution in [2.45, 2.75) is 57.1 Å². The monoisotopic (exact) mass is 463 g/mol. The summed E-state index contributed by atoms with van der Waals surface area (Å²) in [6.45, 7) is 2.45. The summed E-state index contributed by atoms with van der Waals surface area (Å²) in [6.07, 6.45) is -5.94. The van der Waals surface area contributed by atoms with Crippen molar-refractivity contribution in [3.05, 3.63) is 47.7 Å². The van der Waals surface area contributed by atoms with Crippen LogP contribution >= 0.6 is 0 Å². The fourth-order valence-corrected chi connectivity index (χ4v) is 3.81. The minimum atomic E-state index is -4.54. The Bertz CT molecular complexity index is 902. The Morgan fingerprint density at radius 1 is 1.03 bits per heavy atom. The lowest BCUT2D eigenvalue weighted by molar-refractivity contribution is -0.138. The van der Waals surface area contributed by atoms with Crippen LogP contribution in [-0.4, -0.2) is 23.7 Å². The highest BCUT2D eigenvalue weighted by molar-refractivity contribution is 5.45. The second-order valence-electron chi connectivity index (χ2n) is 7.58. The van der Waals surface area contributed by atoms with Crippen molar-refractivity contribution in [1.29, 1.82) is 0 Å². The molecule has 0 spiro atoms. The molecule has 2 heterocycles. The molecule has 1 aromatic heterocycles. The van der Waals surface area contributed by atoms with Crippen LogP contribution in [0, 0.1) is 0 Å². The average molecular weight is 463 g/mol. The number of rotatable bonds is 6. The molecular formula is C21H23F6N3O2. The van der Waals surface area contributed by atoms with Gasteiger partial charge in [-0.3, -0.25) is 0 Å². The summed E-state index contributed by atoms with van der Waals surface area (Å²) < 4.78 is 83.1. The van der Waals surface area contributed by atoms with Crippen LogP contribution in [-0.2, 0) is 12.4 Å². The van der Waals surface area contributed by atoms with Crippen molar-refractivity contribution in [3.63, 3.8) is 0 Å². The Labute approximate surface area is 181 Å². The van der Waals surface area contributed by atoms with Crippen molar-refractivity contribution in [1.82, 2.24) is 4.98 Å². The van der Waals surface area contributed by atoms with Gasteiger partial charge in [-0.2, -0.15) is 32.2 Å². The van der Waals surface area contributed by atoms with Crippen LogP contribution in [0.5, 0.6) is 11.5 Å². The van der Waals surface area contributed by atoms with Gasteiger partial charge in [0.1, 0.15) is 11.9 Å². The maximum atomic E-state index is 12.9. The van der Waals surface area contributed by atoms with E-state index in [1.165, 1.54) is 12.1 Å². The van der Waals surface area contributed by atoms with E-state index in [9.17, 15) is 26.3 Å². The summed E-state index contributed by atoms with van der Waals surface area (Å²) in [7, 11) is 0. The van der Waals surface area contributed by atoms with Crippen LogP contribution in [0.25, 0.3) is 0 Å². The number of hydrogen-bond donors (Lipinski definition) is 1. The van der Waals surface area contributed by atoms with Crippen LogP contribution < -0.4 is 20.4 Å². The Morgan fingerprint density at radius 2 is 1.72 bits per heavy atom. The lowest BCUT2D eigenvalue weighted by atomic mass is 9.95.